The van der Waals surface area contributed by atoms with Crippen LogP contribution in [0, 0.1) is 6.92 Å². The molecule has 0 spiro atoms. The van der Waals surface area contributed by atoms with E-state index in [9.17, 15) is 4.79 Å². The summed E-state index contributed by atoms with van der Waals surface area (Å²) in [5.41, 5.74) is 2.87. The van der Waals surface area contributed by atoms with E-state index in [0.717, 1.165) is 21.8 Å². The Morgan fingerprint density at radius 1 is 1.41 bits per heavy atom. The molecule has 1 amide bonds. The lowest BCUT2D eigenvalue weighted by Gasteiger charge is -2.13. The number of carbonyl (C=O) groups excluding carboxylic acids is 1. The van der Waals surface area contributed by atoms with Crippen LogP contribution in [0.2, 0.25) is 4.47 Å². The van der Waals surface area contributed by atoms with Gasteiger partial charge in [0.05, 0.1) is 13.1 Å². The lowest BCUT2D eigenvalue weighted by molar-refractivity contribution is -0.116. The summed E-state index contributed by atoms with van der Waals surface area (Å²) in [5.74, 6) is -0.0333. The molecule has 0 unspecified atom stereocenters. The molecule has 2 aromatic rings. The van der Waals surface area contributed by atoms with Crippen LogP contribution in [-0.2, 0) is 11.3 Å². The minimum absolute atomic E-state index is 0.0333. The summed E-state index contributed by atoms with van der Waals surface area (Å²) in [4.78, 5) is 18.7. The van der Waals surface area contributed by atoms with E-state index in [-0.39, 0.29) is 5.91 Å². The summed E-state index contributed by atoms with van der Waals surface area (Å²) in [6.07, 6.45) is 1.76. The maximum absolute atomic E-state index is 11.8. The van der Waals surface area contributed by atoms with Crippen LogP contribution in [0.4, 0.5) is 11.4 Å². The van der Waals surface area contributed by atoms with Crippen LogP contribution in [0.3, 0.4) is 0 Å². The average molecular weight is 339 g/mol. The van der Waals surface area contributed by atoms with E-state index in [2.05, 4.69) is 15.6 Å². The minimum atomic E-state index is -0.0333. The standard InChI is InChI=1S/C15H19ClN4OS/c1-10-4-5-11(19-14(21)9-20(2)3)6-13(10)17-7-12-8-18-15(16)22-12/h4-6,8,17H,7,9H2,1-3H3,(H,19,21). The second kappa shape index (κ2) is 7.58. The molecule has 5 nitrogen and oxygen atoms in total. The number of thiazole rings is 1. The van der Waals surface area contributed by atoms with Gasteiger partial charge in [-0.15, -0.1) is 11.3 Å². The molecule has 0 bridgehead atoms. The zero-order valence-electron chi connectivity index (χ0n) is 12.8. The lowest BCUT2D eigenvalue weighted by atomic mass is 10.1. The van der Waals surface area contributed by atoms with Gasteiger partial charge in [0, 0.05) is 22.4 Å². The number of amides is 1. The summed E-state index contributed by atoms with van der Waals surface area (Å²) in [7, 11) is 3.73. The zero-order valence-corrected chi connectivity index (χ0v) is 14.4. The molecule has 0 atom stereocenters. The maximum Gasteiger partial charge on any atom is 0.238 e. The molecule has 0 fully saturated rings. The Balaban J connectivity index is 2.01. The van der Waals surface area contributed by atoms with E-state index in [1.807, 2.05) is 44.1 Å². The Morgan fingerprint density at radius 2 is 2.18 bits per heavy atom. The van der Waals surface area contributed by atoms with Crippen molar-refractivity contribution in [3.05, 3.63) is 39.3 Å². The number of nitrogens with zero attached hydrogens (tertiary/aromatic N) is 2. The largest absolute Gasteiger partial charge is 0.380 e. The fourth-order valence-corrected chi connectivity index (χ4v) is 2.84. The van der Waals surface area contributed by atoms with Crippen molar-refractivity contribution in [1.82, 2.24) is 9.88 Å². The van der Waals surface area contributed by atoms with E-state index in [0.29, 0.717) is 17.6 Å². The van der Waals surface area contributed by atoms with E-state index in [4.69, 9.17) is 11.6 Å². The van der Waals surface area contributed by atoms with Gasteiger partial charge in [0.2, 0.25) is 5.91 Å². The summed E-state index contributed by atoms with van der Waals surface area (Å²) in [6, 6.07) is 5.82. The van der Waals surface area contributed by atoms with Crippen molar-refractivity contribution < 1.29 is 4.79 Å². The highest BCUT2D eigenvalue weighted by Crippen LogP contribution is 2.23. The van der Waals surface area contributed by atoms with Crippen molar-refractivity contribution >= 4 is 40.2 Å². The van der Waals surface area contributed by atoms with Crippen LogP contribution in [0.5, 0.6) is 0 Å². The Bertz CT molecular complexity index is 657. The number of hydrogen-bond donors (Lipinski definition) is 2. The molecular formula is C15H19ClN4OS. The van der Waals surface area contributed by atoms with E-state index in [1.54, 1.807) is 6.20 Å². The number of nitrogens with one attached hydrogen (secondary N) is 2. The van der Waals surface area contributed by atoms with Crippen molar-refractivity contribution in [2.75, 3.05) is 31.3 Å². The van der Waals surface area contributed by atoms with Crippen LogP contribution in [0.15, 0.2) is 24.4 Å². The first kappa shape index (κ1) is 16.7. The first-order chi connectivity index (χ1) is 10.4. The molecule has 22 heavy (non-hydrogen) atoms. The number of hydrogen-bond acceptors (Lipinski definition) is 5. The third-order valence-corrected chi connectivity index (χ3v) is 4.07. The summed E-state index contributed by atoms with van der Waals surface area (Å²) in [5, 5.41) is 6.24. The number of benzene rings is 1. The Morgan fingerprint density at radius 3 is 2.82 bits per heavy atom. The van der Waals surface area contributed by atoms with Crippen molar-refractivity contribution in [2.24, 2.45) is 0 Å². The zero-order chi connectivity index (χ0) is 16.1. The molecule has 0 aliphatic carbocycles. The molecule has 118 valence electrons. The Kier molecular flexibility index (Phi) is 5.76. The molecular weight excluding hydrogens is 320 g/mol. The molecule has 0 aliphatic heterocycles. The third kappa shape index (κ3) is 4.98. The predicted octanol–water partition coefficient (Wildman–Crippen LogP) is 3.22. The second-order valence-corrected chi connectivity index (χ2v) is 6.95. The lowest BCUT2D eigenvalue weighted by Crippen LogP contribution is -2.27. The van der Waals surface area contributed by atoms with Gasteiger partial charge in [0.1, 0.15) is 0 Å². The number of halogens is 1. The first-order valence-corrected chi connectivity index (χ1v) is 8.03. The van der Waals surface area contributed by atoms with Crippen molar-refractivity contribution in [2.45, 2.75) is 13.5 Å². The van der Waals surface area contributed by atoms with Crippen LogP contribution in [0.25, 0.3) is 0 Å². The van der Waals surface area contributed by atoms with Gasteiger partial charge in [-0.3, -0.25) is 4.79 Å². The molecule has 0 saturated heterocycles. The Hall–Kier alpha value is -1.63. The minimum Gasteiger partial charge on any atom is -0.380 e. The van der Waals surface area contributed by atoms with E-state index < -0.39 is 0 Å². The fourth-order valence-electron chi connectivity index (χ4n) is 1.93. The molecule has 7 heteroatoms. The van der Waals surface area contributed by atoms with Gasteiger partial charge in [0.25, 0.3) is 0 Å². The van der Waals surface area contributed by atoms with Gasteiger partial charge < -0.3 is 15.5 Å². The SMILES string of the molecule is Cc1ccc(NC(=O)CN(C)C)cc1NCc1cnc(Cl)s1. The van der Waals surface area contributed by atoms with Gasteiger partial charge >= 0.3 is 0 Å². The monoisotopic (exact) mass is 338 g/mol. The normalized spacial score (nSPS) is 10.8. The Labute approximate surface area is 139 Å². The maximum atomic E-state index is 11.8. The summed E-state index contributed by atoms with van der Waals surface area (Å²) in [6.45, 7) is 3.03. The summed E-state index contributed by atoms with van der Waals surface area (Å²) < 4.78 is 0.540. The van der Waals surface area contributed by atoms with Crippen LogP contribution >= 0.6 is 22.9 Å². The number of aromatic nitrogens is 1. The van der Waals surface area contributed by atoms with E-state index in [1.165, 1.54) is 11.3 Å². The topological polar surface area (TPSA) is 57.3 Å². The van der Waals surface area contributed by atoms with Crippen molar-refractivity contribution in [3.8, 4) is 0 Å². The number of aryl methyl sites for hydroxylation is 1. The predicted molar refractivity (Wildman–Crippen MR) is 92.8 cm³/mol. The number of anilines is 2. The highest BCUT2D eigenvalue weighted by molar-refractivity contribution is 7.15. The van der Waals surface area contributed by atoms with Gasteiger partial charge in [-0.1, -0.05) is 17.7 Å². The smallest absolute Gasteiger partial charge is 0.238 e. The molecule has 2 rings (SSSR count). The first-order valence-electron chi connectivity index (χ1n) is 6.83. The van der Waals surface area contributed by atoms with Crippen LogP contribution in [0.1, 0.15) is 10.4 Å². The number of rotatable bonds is 6. The van der Waals surface area contributed by atoms with Crippen LogP contribution in [-0.4, -0.2) is 36.4 Å². The van der Waals surface area contributed by atoms with Gasteiger partial charge in [-0.25, -0.2) is 4.98 Å². The quantitative estimate of drug-likeness (QED) is 0.849. The third-order valence-electron chi connectivity index (χ3n) is 2.96. The van der Waals surface area contributed by atoms with Gasteiger partial charge in [-0.05, 0) is 38.7 Å². The molecule has 1 heterocycles. The number of carbonyl (C=O) groups is 1. The van der Waals surface area contributed by atoms with Gasteiger partial charge in [-0.2, -0.15) is 0 Å². The molecule has 1 aromatic carbocycles. The molecule has 2 N–H and O–H groups in total. The average Bonchev–Trinajstić information content (AvgIpc) is 2.84. The molecule has 0 saturated carbocycles. The fraction of sp³-hybridized carbons (Fsp3) is 0.333. The highest BCUT2D eigenvalue weighted by atomic mass is 35.5. The van der Waals surface area contributed by atoms with Crippen molar-refractivity contribution in [1.29, 1.82) is 0 Å². The molecule has 1 aromatic heterocycles. The molecule has 0 aliphatic rings. The van der Waals surface area contributed by atoms with Crippen LogP contribution < -0.4 is 10.6 Å². The highest BCUT2D eigenvalue weighted by Gasteiger charge is 2.06. The number of likely N-dealkylation sites (N-methyl/N-ethyl adjacent to an activating group) is 1. The summed E-state index contributed by atoms with van der Waals surface area (Å²) >= 11 is 7.28. The second-order valence-electron chi connectivity index (χ2n) is 5.25. The van der Waals surface area contributed by atoms with Gasteiger partial charge in [0.15, 0.2) is 4.47 Å². The molecule has 0 radical (unpaired) electrons. The van der Waals surface area contributed by atoms with E-state index >= 15 is 0 Å². The van der Waals surface area contributed by atoms with Crippen molar-refractivity contribution in [3.63, 3.8) is 0 Å².